The molecule has 1 atom stereocenters. The van der Waals surface area contributed by atoms with Crippen molar-refractivity contribution in [1.82, 2.24) is 5.43 Å². The van der Waals surface area contributed by atoms with Gasteiger partial charge in [0.2, 0.25) is 0 Å². The van der Waals surface area contributed by atoms with E-state index in [4.69, 9.17) is 5.84 Å². The van der Waals surface area contributed by atoms with Crippen LogP contribution in [0.25, 0.3) is 0 Å². The first-order chi connectivity index (χ1) is 6.33. The third-order valence-electron chi connectivity index (χ3n) is 1.74. The lowest BCUT2D eigenvalue weighted by atomic mass is 10.2. The van der Waals surface area contributed by atoms with Gasteiger partial charge in [0.25, 0.3) is 0 Å². The molecular formula is C10H16N2S. The summed E-state index contributed by atoms with van der Waals surface area (Å²) in [6.45, 7) is 3.07. The second-order valence-corrected chi connectivity index (χ2v) is 4.23. The molecule has 3 heteroatoms. The van der Waals surface area contributed by atoms with Crippen LogP contribution < -0.4 is 11.3 Å². The number of hydrazine groups is 1. The van der Waals surface area contributed by atoms with Crippen molar-refractivity contribution in [2.24, 2.45) is 11.8 Å². The predicted molar refractivity (Wildman–Crippen MR) is 58.5 cm³/mol. The molecule has 72 valence electrons. The molecule has 1 aromatic carbocycles. The maximum absolute atomic E-state index is 5.24. The Hall–Kier alpha value is -0.510. The summed E-state index contributed by atoms with van der Waals surface area (Å²) in [6.07, 6.45) is 0. The minimum atomic E-state index is 0.607. The summed E-state index contributed by atoms with van der Waals surface area (Å²) in [6, 6.07) is 10.4. The minimum absolute atomic E-state index is 0.607. The van der Waals surface area contributed by atoms with Gasteiger partial charge in [-0.1, -0.05) is 25.1 Å². The third kappa shape index (κ3) is 4.31. The van der Waals surface area contributed by atoms with E-state index in [-0.39, 0.29) is 0 Å². The van der Waals surface area contributed by atoms with Crippen LogP contribution in [0.4, 0.5) is 0 Å². The number of hydrogen-bond acceptors (Lipinski definition) is 3. The third-order valence-corrected chi connectivity index (χ3v) is 3.09. The Morgan fingerprint density at radius 1 is 1.38 bits per heavy atom. The van der Waals surface area contributed by atoms with Crippen LogP contribution in [0.1, 0.15) is 6.92 Å². The fraction of sp³-hybridized carbons (Fsp3) is 0.400. The van der Waals surface area contributed by atoms with Gasteiger partial charge in [-0.2, -0.15) is 0 Å². The summed E-state index contributed by atoms with van der Waals surface area (Å²) in [5, 5.41) is 0. The molecule has 0 aliphatic heterocycles. The average molecular weight is 196 g/mol. The van der Waals surface area contributed by atoms with E-state index in [1.165, 1.54) is 4.90 Å². The largest absolute Gasteiger partial charge is 0.271 e. The average Bonchev–Trinajstić information content (AvgIpc) is 2.17. The van der Waals surface area contributed by atoms with E-state index >= 15 is 0 Å². The monoisotopic (exact) mass is 196 g/mol. The van der Waals surface area contributed by atoms with E-state index in [9.17, 15) is 0 Å². The Labute approximate surface area is 83.9 Å². The molecule has 0 aromatic heterocycles. The lowest BCUT2D eigenvalue weighted by molar-refractivity contribution is 0.576. The van der Waals surface area contributed by atoms with Crippen LogP contribution in [-0.2, 0) is 0 Å². The summed E-state index contributed by atoms with van der Waals surface area (Å²) in [5.74, 6) is 6.95. The molecule has 1 rings (SSSR count). The normalized spacial score (nSPS) is 12.8. The predicted octanol–water partition coefficient (Wildman–Crippen LogP) is 1.88. The number of benzene rings is 1. The highest BCUT2D eigenvalue weighted by atomic mass is 32.2. The van der Waals surface area contributed by atoms with Crippen LogP contribution in [0.2, 0.25) is 0 Å². The number of rotatable bonds is 5. The van der Waals surface area contributed by atoms with Gasteiger partial charge in [0.15, 0.2) is 0 Å². The molecule has 0 bridgehead atoms. The molecule has 2 nitrogen and oxygen atoms in total. The molecule has 0 spiro atoms. The van der Waals surface area contributed by atoms with E-state index in [2.05, 4.69) is 36.6 Å². The van der Waals surface area contributed by atoms with E-state index in [0.717, 1.165) is 12.3 Å². The molecule has 13 heavy (non-hydrogen) atoms. The number of nitrogens with one attached hydrogen (secondary N) is 1. The highest BCUT2D eigenvalue weighted by Gasteiger charge is 2.00. The van der Waals surface area contributed by atoms with Gasteiger partial charge in [-0.25, -0.2) is 0 Å². The fourth-order valence-electron chi connectivity index (χ4n) is 1.02. The van der Waals surface area contributed by atoms with Crippen molar-refractivity contribution in [1.29, 1.82) is 0 Å². The Morgan fingerprint density at radius 2 is 2.08 bits per heavy atom. The van der Waals surface area contributed by atoms with Crippen molar-refractivity contribution in [3.8, 4) is 0 Å². The summed E-state index contributed by atoms with van der Waals surface area (Å²) >= 11 is 1.87. The van der Waals surface area contributed by atoms with Crippen LogP contribution in [0.5, 0.6) is 0 Å². The first-order valence-corrected chi connectivity index (χ1v) is 5.43. The van der Waals surface area contributed by atoms with Crippen molar-refractivity contribution in [2.45, 2.75) is 11.8 Å². The summed E-state index contributed by atoms with van der Waals surface area (Å²) < 4.78 is 0. The summed E-state index contributed by atoms with van der Waals surface area (Å²) in [5.41, 5.74) is 2.69. The highest BCUT2D eigenvalue weighted by molar-refractivity contribution is 7.99. The molecule has 1 aromatic rings. The zero-order valence-electron chi connectivity index (χ0n) is 7.86. The van der Waals surface area contributed by atoms with E-state index in [1.54, 1.807) is 0 Å². The maximum Gasteiger partial charge on any atom is 0.0131 e. The van der Waals surface area contributed by atoms with E-state index in [0.29, 0.717) is 5.92 Å². The first kappa shape index (κ1) is 10.6. The first-order valence-electron chi connectivity index (χ1n) is 4.44. The lowest BCUT2D eigenvalue weighted by Gasteiger charge is -2.09. The number of hydrogen-bond donors (Lipinski definition) is 2. The van der Waals surface area contributed by atoms with Gasteiger partial charge in [-0.3, -0.25) is 11.3 Å². The molecule has 0 aliphatic rings. The van der Waals surface area contributed by atoms with Crippen LogP contribution in [0.3, 0.4) is 0 Å². The molecule has 0 aliphatic carbocycles. The van der Waals surface area contributed by atoms with Crippen molar-refractivity contribution in [2.75, 3.05) is 12.3 Å². The summed E-state index contributed by atoms with van der Waals surface area (Å²) in [4.78, 5) is 1.33. The van der Waals surface area contributed by atoms with Crippen LogP contribution in [0.15, 0.2) is 35.2 Å². The Balaban J connectivity index is 2.27. The number of thioether (sulfide) groups is 1. The van der Waals surface area contributed by atoms with E-state index < -0.39 is 0 Å². The highest BCUT2D eigenvalue weighted by Crippen LogP contribution is 2.19. The van der Waals surface area contributed by atoms with Crippen molar-refractivity contribution < 1.29 is 0 Å². The molecule has 1 unspecified atom stereocenters. The minimum Gasteiger partial charge on any atom is -0.271 e. The van der Waals surface area contributed by atoms with Gasteiger partial charge in [-0.15, -0.1) is 11.8 Å². The molecular weight excluding hydrogens is 180 g/mol. The van der Waals surface area contributed by atoms with Crippen LogP contribution in [0, 0.1) is 5.92 Å². The molecule has 0 fully saturated rings. The molecule has 0 heterocycles. The topological polar surface area (TPSA) is 38.0 Å². The quantitative estimate of drug-likeness (QED) is 0.429. The van der Waals surface area contributed by atoms with Crippen LogP contribution >= 0.6 is 11.8 Å². The Bertz CT molecular complexity index is 226. The maximum atomic E-state index is 5.24. The molecule has 0 saturated heterocycles. The molecule has 0 radical (unpaired) electrons. The molecule has 0 saturated carbocycles. The van der Waals surface area contributed by atoms with Crippen LogP contribution in [-0.4, -0.2) is 12.3 Å². The van der Waals surface area contributed by atoms with Crippen molar-refractivity contribution >= 4 is 11.8 Å². The van der Waals surface area contributed by atoms with Gasteiger partial charge in [0.1, 0.15) is 0 Å². The smallest absolute Gasteiger partial charge is 0.0131 e. The number of nitrogens with two attached hydrogens (primary N) is 1. The van der Waals surface area contributed by atoms with Gasteiger partial charge in [0, 0.05) is 17.2 Å². The van der Waals surface area contributed by atoms with Gasteiger partial charge in [-0.05, 0) is 18.1 Å². The van der Waals surface area contributed by atoms with Gasteiger partial charge >= 0.3 is 0 Å². The lowest BCUT2D eigenvalue weighted by Crippen LogP contribution is -2.28. The molecule has 0 amide bonds. The zero-order valence-corrected chi connectivity index (χ0v) is 8.68. The standard InChI is InChI=1S/C10H16N2S/c1-9(7-12-11)8-13-10-5-3-2-4-6-10/h2-6,9,12H,7-8,11H2,1H3. The van der Waals surface area contributed by atoms with E-state index in [1.807, 2.05) is 17.8 Å². The zero-order chi connectivity index (χ0) is 9.52. The fourth-order valence-corrected chi connectivity index (χ4v) is 1.96. The molecule has 3 N–H and O–H groups in total. The second kappa shape index (κ2) is 6.02. The van der Waals surface area contributed by atoms with Crippen molar-refractivity contribution in [3.05, 3.63) is 30.3 Å². The second-order valence-electron chi connectivity index (χ2n) is 3.14. The van der Waals surface area contributed by atoms with Crippen molar-refractivity contribution in [3.63, 3.8) is 0 Å². The Kier molecular flexibility index (Phi) is 4.90. The van der Waals surface area contributed by atoms with Gasteiger partial charge < -0.3 is 0 Å². The Morgan fingerprint density at radius 3 is 2.69 bits per heavy atom. The van der Waals surface area contributed by atoms with Gasteiger partial charge in [0.05, 0.1) is 0 Å². The summed E-state index contributed by atoms with van der Waals surface area (Å²) in [7, 11) is 0. The SMILES string of the molecule is CC(CNN)CSc1ccccc1.